The van der Waals surface area contributed by atoms with Gasteiger partial charge in [-0.25, -0.2) is 4.79 Å². The number of nitrogens with zero attached hydrogens (tertiary/aromatic N) is 1. The Hall–Kier alpha value is -3.62. The van der Waals surface area contributed by atoms with Crippen molar-refractivity contribution in [3.63, 3.8) is 0 Å². The van der Waals surface area contributed by atoms with E-state index in [1.54, 1.807) is 19.1 Å². The molecule has 2 rings (SSSR count). The number of esters is 1. The molecule has 0 aliphatic carbocycles. The van der Waals surface area contributed by atoms with Crippen molar-refractivity contribution in [2.75, 3.05) is 18.5 Å². The number of carbonyl (C=O) groups excluding carboxylic acids is 2. The van der Waals surface area contributed by atoms with E-state index in [1.165, 1.54) is 37.3 Å². The largest absolute Gasteiger partial charge is 0.490 e. The molecule has 9 nitrogen and oxygen atoms in total. The summed E-state index contributed by atoms with van der Waals surface area (Å²) in [5.74, 6) is -0.545. The minimum absolute atomic E-state index is 0.0186. The fraction of sp³-hybridized carbons (Fsp3) is 0.300. The number of hydrogen-bond donors (Lipinski definition) is 1. The Morgan fingerprint density at radius 3 is 2.38 bits per heavy atom. The van der Waals surface area contributed by atoms with Crippen molar-refractivity contribution in [3.8, 4) is 11.5 Å². The van der Waals surface area contributed by atoms with Crippen LogP contribution in [0.4, 0.5) is 11.4 Å². The van der Waals surface area contributed by atoms with Crippen LogP contribution in [0.25, 0.3) is 0 Å². The second kappa shape index (κ2) is 10.1. The monoisotopic (exact) mass is 402 g/mol. The first-order valence-corrected chi connectivity index (χ1v) is 9.02. The summed E-state index contributed by atoms with van der Waals surface area (Å²) < 4.78 is 16.1. The predicted molar refractivity (Wildman–Crippen MR) is 105 cm³/mol. The molecule has 9 heteroatoms. The van der Waals surface area contributed by atoms with Gasteiger partial charge in [-0.05, 0) is 45.0 Å². The zero-order valence-electron chi connectivity index (χ0n) is 16.3. The molecular weight excluding hydrogens is 380 g/mol. The molecular formula is C20H22N2O7. The van der Waals surface area contributed by atoms with Crippen LogP contribution in [0.3, 0.4) is 0 Å². The van der Waals surface area contributed by atoms with E-state index in [2.05, 4.69) is 5.32 Å². The number of nitrogens with one attached hydrogen (secondary N) is 1. The first kappa shape index (κ1) is 21.7. The number of benzene rings is 2. The van der Waals surface area contributed by atoms with Gasteiger partial charge in [0.1, 0.15) is 5.69 Å². The molecule has 154 valence electrons. The van der Waals surface area contributed by atoms with Gasteiger partial charge in [0, 0.05) is 6.07 Å². The van der Waals surface area contributed by atoms with Crippen LogP contribution in [0.1, 0.15) is 31.1 Å². The quantitative estimate of drug-likeness (QED) is 0.387. The molecule has 29 heavy (non-hydrogen) atoms. The number of nitro benzene ring substituents is 1. The lowest BCUT2D eigenvalue weighted by Gasteiger charge is -2.15. The molecule has 1 atom stereocenters. The normalized spacial score (nSPS) is 11.3. The van der Waals surface area contributed by atoms with Crippen LogP contribution in [0, 0.1) is 10.1 Å². The van der Waals surface area contributed by atoms with E-state index in [1.807, 2.05) is 6.92 Å². The standard InChI is InChI=1S/C20H22N2O7/c1-4-27-17-11-10-14(12-18(17)28-5-2)20(24)29-13(3)19(23)21-15-8-6-7-9-16(15)22(25)26/h6-13H,4-5H2,1-3H3,(H,21,23)/t13-/m1/s1. The lowest BCUT2D eigenvalue weighted by Crippen LogP contribution is -2.30. The van der Waals surface area contributed by atoms with Gasteiger partial charge in [-0.2, -0.15) is 0 Å². The number of hydrogen-bond acceptors (Lipinski definition) is 7. The van der Waals surface area contributed by atoms with Crippen molar-refractivity contribution in [2.24, 2.45) is 0 Å². The molecule has 0 aliphatic rings. The van der Waals surface area contributed by atoms with Crippen molar-refractivity contribution in [1.82, 2.24) is 0 Å². The number of ether oxygens (including phenoxy) is 3. The van der Waals surface area contributed by atoms with Crippen LogP contribution in [0.5, 0.6) is 11.5 Å². The van der Waals surface area contributed by atoms with Gasteiger partial charge in [-0.3, -0.25) is 14.9 Å². The lowest BCUT2D eigenvalue weighted by molar-refractivity contribution is -0.383. The van der Waals surface area contributed by atoms with E-state index < -0.39 is 22.9 Å². The molecule has 2 aromatic carbocycles. The van der Waals surface area contributed by atoms with Gasteiger partial charge in [0.25, 0.3) is 11.6 Å². The molecule has 2 aromatic rings. The topological polar surface area (TPSA) is 117 Å². The molecule has 0 saturated heterocycles. The Morgan fingerprint density at radius 1 is 1.07 bits per heavy atom. The smallest absolute Gasteiger partial charge is 0.339 e. The van der Waals surface area contributed by atoms with Crippen molar-refractivity contribution in [1.29, 1.82) is 0 Å². The Kier molecular flexibility index (Phi) is 7.53. The van der Waals surface area contributed by atoms with Crippen molar-refractivity contribution >= 4 is 23.3 Å². The molecule has 0 saturated carbocycles. The summed E-state index contributed by atoms with van der Waals surface area (Å²) in [5.41, 5.74) is -0.0559. The summed E-state index contributed by atoms with van der Waals surface area (Å²) in [5, 5.41) is 13.4. The van der Waals surface area contributed by atoms with E-state index in [0.717, 1.165) is 0 Å². The predicted octanol–water partition coefficient (Wildman–Crippen LogP) is 3.58. The third-order valence-electron chi connectivity index (χ3n) is 3.79. The summed E-state index contributed by atoms with van der Waals surface area (Å²) in [6.07, 6.45) is -1.18. The average molecular weight is 402 g/mol. The second-order valence-corrected chi connectivity index (χ2v) is 5.84. The summed E-state index contributed by atoms with van der Waals surface area (Å²) in [4.78, 5) is 35.1. The Balaban J connectivity index is 2.09. The lowest BCUT2D eigenvalue weighted by atomic mass is 10.2. The first-order valence-electron chi connectivity index (χ1n) is 9.02. The van der Waals surface area contributed by atoms with Gasteiger partial charge >= 0.3 is 5.97 Å². The van der Waals surface area contributed by atoms with Crippen LogP contribution < -0.4 is 14.8 Å². The number of nitro groups is 1. The Labute approximate surface area is 167 Å². The van der Waals surface area contributed by atoms with E-state index in [4.69, 9.17) is 14.2 Å². The molecule has 1 amide bonds. The highest BCUT2D eigenvalue weighted by atomic mass is 16.6. The molecule has 0 heterocycles. The maximum absolute atomic E-state index is 12.4. The average Bonchev–Trinajstić information content (AvgIpc) is 2.69. The van der Waals surface area contributed by atoms with Gasteiger partial charge in [-0.1, -0.05) is 12.1 Å². The highest BCUT2D eigenvalue weighted by molar-refractivity contribution is 5.98. The SMILES string of the molecule is CCOc1ccc(C(=O)O[C@H](C)C(=O)Nc2ccccc2[N+](=O)[O-])cc1OCC. The maximum Gasteiger partial charge on any atom is 0.339 e. The fourth-order valence-corrected chi connectivity index (χ4v) is 2.43. The summed E-state index contributed by atoms with van der Waals surface area (Å²) in [6.45, 7) is 5.82. The molecule has 0 bridgehead atoms. The minimum Gasteiger partial charge on any atom is -0.490 e. The highest BCUT2D eigenvalue weighted by Crippen LogP contribution is 2.29. The molecule has 1 N–H and O–H groups in total. The van der Waals surface area contributed by atoms with Gasteiger partial charge in [-0.15, -0.1) is 0 Å². The third kappa shape index (κ3) is 5.68. The van der Waals surface area contributed by atoms with Crippen LogP contribution in [0.2, 0.25) is 0 Å². The third-order valence-corrected chi connectivity index (χ3v) is 3.79. The van der Waals surface area contributed by atoms with Crippen molar-refractivity contribution in [2.45, 2.75) is 26.9 Å². The van der Waals surface area contributed by atoms with Crippen LogP contribution >= 0.6 is 0 Å². The molecule has 0 fully saturated rings. The van der Waals surface area contributed by atoms with Gasteiger partial charge in [0.05, 0.1) is 23.7 Å². The molecule has 0 spiro atoms. The van der Waals surface area contributed by atoms with Gasteiger partial charge in [0.15, 0.2) is 17.6 Å². The minimum atomic E-state index is -1.18. The van der Waals surface area contributed by atoms with E-state index in [-0.39, 0.29) is 16.9 Å². The zero-order valence-corrected chi connectivity index (χ0v) is 16.3. The maximum atomic E-state index is 12.4. The van der Waals surface area contributed by atoms with Crippen molar-refractivity contribution in [3.05, 3.63) is 58.1 Å². The molecule has 0 aromatic heterocycles. The van der Waals surface area contributed by atoms with Crippen LogP contribution in [0.15, 0.2) is 42.5 Å². The van der Waals surface area contributed by atoms with E-state index in [0.29, 0.717) is 24.7 Å². The summed E-state index contributed by atoms with van der Waals surface area (Å²) in [6, 6.07) is 10.3. The highest BCUT2D eigenvalue weighted by Gasteiger charge is 2.23. The number of anilines is 1. The fourth-order valence-electron chi connectivity index (χ4n) is 2.43. The first-order chi connectivity index (χ1) is 13.9. The molecule has 0 unspecified atom stereocenters. The van der Waals surface area contributed by atoms with Crippen LogP contribution in [-0.2, 0) is 9.53 Å². The number of rotatable bonds is 9. The summed E-state index contributed by atoms with van der Waals surface area (Å²) >= 11 is 0. The Bertz CT molecular complexity index is 898. The van der Waals surface area contributed by atoms with Gasteiger partial charge in [0.2, 0.25) is 0 Å². The molecule has 0 aliphatic heterocycles. The summed E-state index contributed by atoms with van der Waals surface area (Å²) in [7, 11) is 0. The number of para-hydroxylation sites is 2. The van der Waals surface area contributed by atoms with Crippen LogP contribution in [-0.4, -0.2) is 36.1 Å². The Morgan fingerprint density at radius 2 is 1.72 bits per heavy atom. The van der Waals surface area contributed by atoms with E-state index >= 15 is 0 Å². The number of carbonyl (C=O) groups is 2. The van der Waals surface area contributed by atoms with E-state index in [9.17, 15) is 19.7 Å². The zero-order chi connectivity index (χ0) is 21.4. The van der Waals surface area contributed by atoms with Crippen molar-refractivity contribution < 1.29 is 28.7 Å². The van der Waals surface area contributed by atoms with Gasteiger partial charge < -0.3 is 19.5 Å². The number of amides is 1. The second-order valence-electron chi connectivity index (χ2n) is 5.84. The molecule has 0 radical (unpaired) electrons.